The van der Waals surface area contributed by atoms with Crippen LogP contribution in [0.15, 0.2) is 42.6 Å². The maximum atomic E-state index is 13.3. The van der Waals surface area contributed by atoms with Crippen LogP contribution in [-0.4, -0.2) is 42.5 Å². The molecule has 0 radical (unpaired) electrons. The van der Waals surface area contributed by atoms with E-state index in [9.17, 15) is 9.18 Å². The lowest BCUT2D eigenvalue weighted by Gasteiger charge is -2.35. The van der Waals surface area contributed by atoms with Crippen molar-refractivity contribution in [1.29, 1.82) is 0 Å². The fourth-order valence-electron chi connectivity index (χ4n) is 3.30. The number of hydrogen-bond acceptors (Lipinski definition) is 4. The van der Waals surface area contributed by atoms with E-state index in [1.165, 1.54) is 31.9 Å². The molecule has 3 rings (SSSR count). The highest BCUT2D eigenvalue weighted by Crippen LogP contribution is 2.24. The summed E-state index contributed by atoms with van der Waals surface area (Å²) in [4.78, 5) is 18.9. The van der Waals surface area contributed by atoms with Crippen molar-refractivity contribution in [2.45, 2.75) is 25.3 Å². The number of ether oxygens (including phenoxy) is 1. The number of benzene rings is 1. The molecule has 138 valence electrons. The fourth-order valence-corrected chi connectivity index (χ4v) is 3.30. The smallest absolute Gasteiger partial charge is 0.252 e. The van der Waals surface area contributed by atoms with E-state index in [1.807, 2.05) is 0 Å². The first-order valence-electron chi connectivity index (χ1n) is 8.95. The lowest BCUT2D eigenvalue weighted by molar-refractivity contribution is 0.0924. The van der Waals surface area contributed by atoms with Gasteiger partial charge in [-0.15, -0.1) is 0 Å². The van der Waals surface area contributed by atoms with Gasteiger partial charge in [0.15, 0.2) is 0 Å². The van der Waals surface area contributed by atoms with Crippen molar-refractivity contribution >= 4 is 5.91 Å². The average Bonchev–Trinajstić information content (AvgIpc) is 2.70. The largest absolute Gasteiger partial charge is 0.481 e. The third-order valence-electron chi connectivity index (χ3n) is 4.75. The van der Waals surface area contributed by atoms with Crippen molar-refractivity contribution in [3.05, 3.63) is 59.5 Å². The Morgan fingerprint density at radius 1 is 1.19 bits per heavy atom. The molecule has 0 saturated carbocycles. The van der Waals surface area contributed by atoms with Crippen LogP contribution < -0.4 is 10.1 Å². The van der Waals surface area contributed by atoms with Crippen molar-refractivity contribution < 1.29 is 13.9 Å². The first kappa shape index (κ1) is 18.3. The molecule has 1 aliphatic rings. The van der Waals surface area contributed by atoms with E-state index in [-0.39, 0.29) is 17.8 Å². The molecule has 1 unspecified atom stereocenters. The van der Waals surface area contributed by atoms with E-state index in [0.29, 0.717) is 18.0 Å². The average molecular weight is 357 g/mol. The molecule has 1 aromatic heterocycles. The second kappa shape index (κ2) is 8.76. The molecule has 2 aromatic rings. The van der Waals surface area contributed by atoms with Crippen LogP contribution in [0.3, 0.4) is 0 Å². The van der Waals surface area contributed by atoms with E-state index >= 15 is 0 Å². The van der Waals surface area contributed by atoms with Crippen molar-refractivity contribution in [1.82, 2.24) is 15.2 Å². The summed E-state index contributed by atoms with van der Waals surface area (Å²) in [6, 6.07) is 9.94. The molecule has 1 aliphatic heterocycles. The van der Waals surface area contributed by atoms with E-state index in [0.717, 1.165) is 31.5 Å². The Kier molecular flexibility index (Phi) is 6.17. The van der Waals surface area contributed by atoms with E-state index < -0.39 is 0 Å². The zero-order valence-corrected chi connectivity index (χ0v) is 15.0. The molecule has 0 aliphatic carbocycles. The van der Waals surface area contributed by atoms with Gasteiger partial charge in [0.25, 0.3) is 5.91 Å². The van der Waals surface area contributed by atoms with Crippen molar-refractivity contribution in [2.24, 2.45) is 0 Å². The quantitative estimate of drug-likeness (QED) is 0.863. The number of rotatable bonds is 6. The number of amides is 1. The Hall–Kier alpha value is -2.47. The fraction of sp³-hybridized carbons (Fsp3) is 0.400. The highest BCUT2D eigenvalue weighted by atomic mass is 19.1. The first-order valence-corrected chi connectivity index (χ1v) is 8.95. The molecule has 1 atom stereocenters. The van der Waals surface area contributed by atoms with Gasteiger partial charge in [-0.05, 0) is 49.7 Å². The number of carbonyl (C=O) groups excluding carboxylic acids is 1. The van der Waals surface area contributed by atoms with E-state index in [4.69, 9.17) is 4.74 Å². The molecular weight excluding hydrogens is 333 g/mol. The van der Waals surface area contributed by atoms with Gasteiger partial charge in [0.05, 0.1) is 18.7 Å². The standard InChI is InChI=1S/C20H24FN3O2/c1-26-19-10-7-16(13-22-19)20(25)23-14-18(24-11-3-2-4-12-24)15-5-8-17(21)9-6-15/h5-10,13,18H,2-4,11-12,14H2,1H3,(H,23,25). The molecule has 1 fully saturated rings. The molecular formula is C20H24FN3O2. The molecule has 1 aromatic carbocycles. The van der Waals surface area contributed by atoms with Crippen LogP contribution in [0.25, 0.3) is 0 Å². The Morgan fingerprint density at radius 2 is 1.92 bits per heavy atom. The lowest BCUT2D eigenvalue weighted by atomic mass is 10.0. The van der Waals surface area contributed by atoms with Crippen molar-refractivity contribution in [2.75, 3.05) is 26.7 Å². The zero-order chi connectivity index (χ0) is 18.4. The Labute approximate surface area is 153 Å². The van der Waals surface area contributed by atoms with Gasteiger partial charge < -0.3 is 10.1 Å². The minimum Gasteiger partial charge on any atom is -0.481 e. The minimum atomic E-state index is -0.250. The monoisotopic (exact) mass is 357 g/mol. The normalized spacial score (nSPS) is 16.1. The molecule has 26 heavy (non-hydrogen) atoms. The van der Waals surface area contributed by atoms with Crippen LogP contribution in [0.1, 0.15) is 41.2 Å². The molecule has 2 heterocycles. The topological polar surface area (TPSA) is 54.5 Å². The summed E-state index contributed by atoms with van der Waals surface area (Å²) in [6.07, 6.45) is 5.03. The Bertz CT molecular complexity index is 713. The number of halogens is 1. The number of likely N-dealkylation sites (tertiary alicyclic amines) is 1. The van der Waals surface area contributed by atoms with Gasteiger partial charge in [0.1, 0.15) is 5.82 Å². The molecule has 0 spiro atoms. The number of carbonyl (C=O) groups is 1. The number of hydrogen-bond donors (Lipinski definition) is 1. The summed E-state index contributed by atoms with van der Waals surface area (Å²) in [7, 11) is 1.54. The summed E-state index contributed by atoms with van der Waals surface area (Å²) >= 11 is 0. The molecule has 0 bridgehead atoms. The summed E-state index contributed by atoms with van der Waals surface area (Å²) in [6.45, 7) is 2.44. The summed E-state index contributed by atoms with van der Waals surface area (Å²) in [5.41, 5.74) is 1.50. The molecule has 5 nitrogen and oxygen atoms in total. The van der Waals surface area contributed by atoms with Crippen LogP contribution in [0, 0.1) is 5.82 Å². The van der Waals surface area contributed by atoms with Crippen LogP contribution in [-0.2, 0) is 0 Å². The summed E-state index contributed by atoms with van der Waals surface area (Å²) < 4.78 is 18.3. The van der Waals surface area contributed by atoms with Gasteiger partial charge in [-0.25, -0.2) is 9.37 Å². The number of pyridine rings is 1. The number of piperidine rings is 1. The number of aromatic nitrogens is 1. The van der Waals surface area contributed by atoms with Gasteiger partial charge in [-0.3, -0.25) is 9.69 Å². The van der Waals surface area contributed by atoms with Crippen molar-refractivity contribution in [3.63, 3.8) is 0 Å². The van der Waals surface area contributed by atoms with E-state index in [2.05, 4.69) is 15.2 Å². The minimum absolute atomic E-state index is 0.0334. The SMILES string of the molecule is COc1ccc(C(=O)NCC(c2ccc(F)cc2)N2CCCCC2)cn1. The zero-order valence-electron chi connectivity index (χ0n) is 15.0. The highest BCUT2D eigenvalue weighted by molar-refractivity contribution is 5.93. The number of methoxy groups -OCH3 is 1. The maximum absolute atomic E-state index is 13.3. The van der Waals surface area contributed by atoms with Gasteiger partial charge in [-0.1, -0.05) is 18.6 Å². The van der Waals surface area contributed by atoms with E-state index in [1.54, 1.807) is 24.3 Å². The summed E-state index contributed by atoms with van der Waals surface area (Å²) in [5.74, 6) is 0.0443. The van der Waals surface area contributed by atoms with Gasteiger partial charge in [-0.2, -0.15) is 0 Å². The Balaban J connectivity index is 1.70. The van der Waals surface area contributed by atoms with Crippen LogP contribution >= 0.6 is 0 Å². The second-order valence-corrected chi connectivity index (χ2v) is 6.46. The van der Waals surface area contributed by atoms with Crippen molar-refractivity contribution in [3.8, 4) is 5.88 Å². The first-order chi connectivity index (χ1) is 12.7. The third-order valence-corrected chi connectivity index (χ3v) is 4.75. The van der Waals surface area contributed by atoms with Gasteiger partial charge >= 0.3 is 0 Å². The van der Waals surface area contributed by atoms with Crippen LogP contribution in [0.5, 0.6) is 5.88 Å². The second-order valence-electron chi connectivity index (χ2n) is 6.46. The maximum Gasteiger partial charge on any atom is 0.252 e. The predicted molar refractivity (Wildman–Crippen MR) is 97.7 cm³/mol. The molecule has 1 N–H and O–H groups in total. The van der Waals surface area contributed by atoms with Gasteiger partial charge in [0, 0.05) is 18.8 Å². The molecule has 6 heteroatoms. The predicted octanol–water partition coefficient (Wildman–Crippen LogP) is 3.19. The Morgan fingerprint density at radius 3 is 2.54 bits per heavy atom. The lowest BCUT2D eigenvalue weighted by Crippen LogP contribution is -2.40. The number of nitrogens with one attached hydrogen (secondary N) is 1. The third kappa shape index (κ3) is 4.58. The highest BCUT2D eigenvalue weighted by Gasteiger charge is 2.23. The van der Waals surface area contributed by atoms with Crippen LogP contribution in [0.4, 0.5) is 4.39 Å². The van der Waals surface area contributed by atoms with Crippen LogP contribution in [0.2, 0.25) is 0 Å². The van der Waals surface area contributed by atoms with Gasteiger partial charge in [0.2, 0.25) is 5.88 Å². The summed E-state index contributed by atoms with van der Waals surface area (Å²) in [5, 5.41) is 2.99. The molecule has 1 amide bonds. The number of nitrogens with zero attached hydrogens (tertiary/aromatic N) is 2. The molecule has 1 saturated heterocycles.